The van der Waals surface area contributed by atoms with Gasteiger partial charge in [-0.1, -0.05) is 36.4 Å². The van der Waals surface area contributed by atoms with Gasteiger partial charge in [0.2, 0.25) is 18.6 Å². The summed E-state index contributed by atoms with van der Waals surface area (Å²) in [7, 11) is 1.50. The van der Waals surface area contributed by atoms with Crippen LogP contribution in [0.2, 0.25) is 0 Å². The fourth-order valence-corrected chi connectivity index (χ4v) is 6.13. The highest BCUT2D eigenvalue weighted by molar-refractivity contribution is 6.25. The molecule has 2 fully saturated rings. The highest BCUT2D eigenvalue weighted by atomic mass is 16.7. The third-order valence-corrected chi connectivity index (χ3v) is 7.71. The van der Waals surface area contributed by atoms with Crippen LogP contribution in [0.15, 0.2) is 72.9 Å². The third-order valence-electron chi connectivity index (χ3n) is 7.71. The number of carbonyl (C=O) groups excluding carboxylic acids is 3. The van der Waals surface area contributed by atoms with E-state index in [1.165, 1.54) is 12.0 Å². The molecule has 8 heteroatoms. The number of ketones is 1. The minimum Gasteiger partial charge on any atom is -0.495 e. The monoisotopic (exact) mass is 494 g/mol. The maximum atomic E-state index is 14.1. The molecule has 3 aromatic rings. The van der Waals surface area contributed by atoms with Gasteiger partial charge in [0, 0.05) is 11.8 Å². The summed E-state index contributed by atoms with van der Waals surface area (Å²) in [5, 5.41) is 0. The van der Waals surface area contributed by atoms with Crippen molar-refractivity contribution in [3.8, 4) is 17.2 Å². The zero-order chi connectivity index (χ0) is 25.3. The third kappa shape index (κ3) is 2.98. The fraction of sp³-hybridized carbons (Fsp3) is 0.207. The summed E-state index contributed by atoms with van der Waals surface area (Å²) in [6.45, 7) is 0.0929. The van der Waals surface area contributed by atoms with E-state index in [2.05, 4.69) is 0 Å². The number of Topliss-reactive ketones (excluding diaryl/α,β-unsaturated/α-hetero) is 1. The lowest BCUT2D eigenvalue weighted by molar-refractivity contribution is -0.123. The maximum Gasteiger partial charge on any atom is 0.240 e. The van der Waals surface area contributed by atoms with Crippen molar-refractivity contribution in [2.75, 3.05) is 18.8 Å². The van der Waals surface area contributed by atoms with Crippen LogP contribution in [0.4, 0.5) is 5.69 Å². The first-order valence-electron chi connectivity index (χ1n) is 12.1. The van der Waals surface area contributed by atoms with Crippen LogP contribution in [0, 0.1) is 11.8 Å². The summed E-state index contributed by atoms with van der Waals surface area (Å²) in [4.78, 5) is 45.3. The van der Waals surface area contributed by atoms with Gasteiger partial charge in [-0.2, -0.15) is 0 Å². The molecule has 2 saturated heterocycles. The van der Waals surface area contributed by atoms with E-state index in [4.69, 9.17) is 14.2 Å². The second-order valence-electron chi connectivity index (χ2n) is 9.45. The quantitative estimate of drug-likeness (QED) is 0.403. The normalized spacial score (nSPS) is 24.7. The minimum absolute atomic E-state index is 0.0929. The van der Waals surface area contributed by atoms with Crippen molar-refractivity contribution in [1.82, 2.24) is 4.90 Å². The predicted octanol–water partition coefficient (Wildman–Crippen LogP) is 3.82. The molecule has 0 aliphatic carbocycles. The van der Waals surface area contributed by atoms with E-state index in [9.17, 15) is 14.4 Å². The molecule has 4 atom stereocenters. The summed E-state index contributed by atoms with van der Waals surface area (Å²) < 4.78 is 16.3. The molecule has 0 spiro atoms. The molecular formula is C29H22N2O6. The number of carbonyl (C=O) groups is 3. The number of anilines is 1. The van der Waals surface area contributed by atoms with Crippen LogP contribution < -0.4 is 19.1 Å². The molecule has 0 N–H and O–H groups in total. The number of fused-ring (bicyclic) bond motifs is 6. The average molecular weight is 495 g/mol. The Morgan fingerprint density at radius 2 is 1.68 bits per heavy atom. The Labute approximate surface area is 212 Å². The SMILES string of the molecule is COc1ccccc1N1C(=O)[C@@H]2[C@H](C1=O)C1c3ccccc3C=CN1[C@@H]2C(=O)c1ccc2c(c1)OCO2. The van der Waals surface area contributed by atoms with Crippen molar-refractivity contribution < 1.29 is 28.6 Å². The molecule has 4 aliphatic heterocycles. The van der Waals surface area contributed by atoms with E-state index >= 15 is 0 Å². The smallest absolute Gasteiger partial charge is 0.240 e. The van der Waals surface area contributed by atoms with Gasteiger partial charge >= 0.3 is 0 Å². The number of hydrogen-bond donors (Lipinski definition) is 0. The summed E-state index contributed by atoms with van der Waals surface area (Å²) >= 11 is 0. The first-order valence-corrected chi connectivity index (χ1v) is 12.1. The van der Waals surface area contributed by atoms with Gasteiger partial charge < -0.3 is 19.1 Å². The Morgan fingerprint density at radius 1 is 0.919 bits per heavy atom. The topological polar surface area (TPSA) is 85.4 Å². The summed E-state index contributed by atoms with van der Waals surface area (Å²) in [6, 6.07) is 18.4. The Hall–Kier alpha value is -4.59. The largest absolute Gasteiger partial charge is 0.495 e. The molecule has 0 bridgehead atoms. The molecule has 184 valence electrons. The number of para-hydroxylation sites is 2. The number of amides is 2. The predicted molar refractivity (Wildman–Crippen MR) is 133 cm³/mol. The molecule has 4 aliphatic rings. The van der Waals surface area contributed by atoms with E-state index in [0.29, 0.717) is 28.5 Å². The lowest BCUT2D eigenvalue weighted by Gasteiger charge is -2.35. The number of methoxy groups -OCH3 is 1. The van der Waals surface area contributed by atoms with Crippen molar-refractivity contribution >= 4 is 29.4 Å². The average Bonchev–Trinajstić information content (AvgIpc) is 3.61. The Bertz CT molecular complexity index is 1510. The van der Waals surface area contributed by atoms with Crippen LogP contribution in [0.1, 0.15) is 27.5 Å². The molecule has 2 amide bonds. The van der Waals surface area contributed by atoms with E-state index in [1.54, 1.807) is 42.5 Å². The van der Waals surface area contributed by atoms with Crippen LogP contribution in [0.25, 0.3) is 6.08 Å². The van der Waals surface area contributed by atoms with Crippen LogP contribution in [0.3, 0.4) is 0 Å². The van der Waals surface area contributed by atoms with Gasteiger partial charge in [-0.25, -0.2) is 4.90 Å². The van der Waals surface area contributed by atoms with Crippen LogP contribution in [-0.2, 0) is 9.59 Å². The Kier molecular flexibility index (Phi) is 4.66. The van der Waals surface area contributed by atoms with E-state index < -0.39 is 29.8 Å². The summed E-state index contributed by atoms with van der Waals surface area (Å²) in [6.07, 6.45) is 3.77. The van der Waals surface area contributed by atoms with Crippen molar-refractivity contribution in [2.24, 2.45) is 11.8 Å². The number of ether oxygens (including phenoxy) is 3. The molecule has 3 aromatic carbocycles. The molecule has 0 radical (unpaired) electrons. The second kappa shape index (κ2) is 7.96. The van der Waals surface area contributed by atoms with Crippen LogP contribution in [-0.4, -0.2) is 42.4 Å². The zero-order valence-corrected chi connectivity index (χ0v) is 19.9. The summed E-state index contributed by atoms with van der Waals surface area (Å²) in [5.41, 5.74) is 2.67. The summed E-state index contributed by atoms with van der Waals surface area (Å²) in [5.74, 6) is -1.10. The molecule has 7 rings (SSSR count). The molecule has 1 unspecified atom stereocenters. The molecule has 0 aromatic heterocycles. The Balaban J connectivity index is 1.37. The van der Waals surface area contributed by atoms with Gasteiger partial charge in [0.1, 0.15) is 11.8 Å². The van der Waals surface area contributed by atoms with Crippen LogP contribution >= 0.6 is 0 Å². The number of nitrogens with zero attached hydrogens (tertiary/aromatic N) is 2. The van der Waals surface area contributed by atoms with E-state index in [1.807, 2.05) is 41.4 Å². The van der Waals surface area contributed by atoms with Gasteiger partial charge in [-0.15, -0.1) is 0 Å². The van der Waals surface area contributed by atoms with Crippen molar-refractivity contribution in [2.45, 2.75) is 12.1 Å². The molecule has 0 saturated carbocycles. The van der Waals surface area contributed by atoms with Crippen molar-refractivity contribution in [3.63, 3.8) is 0 Å². The molecule has 37 heavy (non-hydrogen) atoms. The standard InChI is InChI=1S/C29H22N2O6/c1-35-20-9-5-4-8-19(20)31-28(33)23-24(29(31)34)26(27(32)17-10-11-21-22(14-17)37-15-36-21)30-13-12-16-6-2-3-7-18(16)25(23)30/h2-14,23-26H,15H2,1H3/t23-,24+,25?,26-/m0/s1. The number of imide groups is 1. The highest BCUT2D eigenvalue weighted by Gasteiger charge is 2.64. The second-order valence-corrected chi connectivity index (χ2v) is 9.45. The van der Waals surface area contributed by atoms with Gasteiger partial charge in [0.05, 0.1) is 30.7 Å². The number of hydrogen-bond acceptors (Lipinski definition) is 7. The minimum atomic E-state index is -0.865. The van der Waals surface area contributed by atoms with E-state index in [-0.39, 0.29) is 18.5 Å². The lowest BCUT2D eigenvalue weighted by atomic mass is 9.83. The van der Waals surface area contributed by atoms with Crippen LogP contribution in [0.5, 0.6) is 17.2 Å². The van der Waals surface area contributed by atoms with Crippen molar-refractivity contribution in [1.29, 1.82) is 0 Å². The fourth-order valence-electron chi connectivity index (χ4n) is 6.13. The Morgan fingerprint density at radius 3 is 2.54 bits per heavy atom. The highest BCUT2D eigenvalue weighted by Crippen LogP contribution is 2.54. The van der Waals surface area contributed by atoms with Gasteiger partial charge in [0.25, 0.3) is 0 Å². The number of rotatable bonds is 4. The lowest BCUT2D eigenvalue weighted by Crippen LogP contribution is -2.44. The van der Waals surface area contributed by atoms with Gasteiger partial charge in [0.15, 0.2) is 17.3 Å². The maximum absolute atomic E-state index is 14.1. The zero-order valence-electron chi connectivity index (χ0n) is 19.9. The number of benzene rings is 3. The first kappa shape index (κ1) is 21.7. The van der Waals surface area contributed by atoms with Gasteiger partial charge in [-0.05, 0) is 47.5 Å². The molecular weight excluding hydrogens is 472 g/mol. The van der Waals surface area contributed by atoms with Crippen molar-refractivity contribution in [3.05, 3.63) is 89.6 Å². The molecule has 4 heterocycles. The first-order chi connectivity index (χ1) is 18.1. The van der Waals surface area contributed by atoms with Gasteiger partial charge in [-0.3, -0.25) is 14.4 Å². The van der Waals surface area contributed by atoms with E-state index in [0.717, 1.165) is 11.1 Å². The molecule has 8 nitrogen and oxygen atoms in total.